The molecule has 0 atom stereocenters. The number of anilines is 1. The second kappa shape index (κ2) is 12.1. The first-order valence-electron chi connectivity index (χ1n) is 12.8. The monoisotopic (exact) mass is 613 g/mol. The van der Waals surface area contributed by atoms with E-state index in [2.05, 4.69) is 4.99 Å². The summed E-state index contributed by atoms with van der Waals surface area (Å²) in [5, 5.41) is 0. The van der Waals surface area contributed by atoms with Gasteiger partial charge in [0.2, 0.25) is 5.91 Å². The van der Waals surface area contributed by atoms with E-state index in [0.29, 0.717) is 23.0 Å². The Morgan fingerprint density at radius 1 is 0.814 bits per heavy atom. The molecule has 0 spiro atoms. The minimum Gasteiger partial charge on any atom is -0.402 e. The molecule has 13 heteroatoms. The van der Waals surface area contributed by atoms with Gasteiger partial charge in [0.25, 0.3) is 0 Å². The number of hydrogen-bond acceptors (Lipinski definition) is 3. The zero-order valence-corrected chi connectivity index (χ0v) is 22.2. The van der Waals surface area contributed by atoms with Crippen LogP contribution in [0.4, 0.5) is 45.2 Å². The molecule has 0 radical (unpaired) electrons. The van der Waals surface area contributed by atoms with Crippen LogP contribution in [-0.2, 0) is 23.6 Å². The van der Waals surface area contributed by atoms with Crippen LogP contribution in [0.15, 0.2) is 89.1 Å². The van der Waals surface area contributed by atoms with Gasteiger partial charge in [-0.1, -0.05) is 60.2 Å². The summed E-state index contributed by atoms with van der Waals surface area (Å²) in [4.78, 5) is 17.2. The quantitative estimate of drug-likeness (QED) is 0.307. The number of alkyl halides is 9. The fourth-order valence-electron chi connectivity index (χ4n) is 4.44. The molecule has 0 saturated heterocycles. The van der Waals surface area contributed by atoms with Crippen LogP contribution in [0.1, 0.15) is 40.7 Å². The van der Waals surface area contributed by atoms with Crippen molar-refractivity contribution in [2.24, 2.45) is 10.7 Å². The SMILES string of the molecule is NC(Cc1ccc(C(F)(F)F)cc1C(F)(F)F)=C1CC1.O=C1CN=C(c2ccccc2)c2ccccc2N1CC(F)(F)F. The molecule has 2 N–H and O–H groups in total. The van der Waals surface area contributed by atoms with Crippen molar-refractivity contribution < 1.29 is 44.3 Å². The highest BCUT2D eigenvalue weighted by atomic mass is 19.4. The molecule has 1 aliphatic carbocycles. The van der Waals surface area contributed by atoms with E-state index >= 15 is 0 Å². The van der Waals surface area contributed by atoms with Crippen molar-refractivity contribution in [2.75, 3.05) is 18.0 Å². The molecule has 43 heavy (non-hydrogen) atoms. The molecule has 2 aliphatic rings. The number of fused-ring (bicyclic) bond motifs is 1. The van der Waals surface area contributed by atoms with Gasteiger partial charge in [0.05, 0.1) is 22.5 Å². The third-order valence-electron chi connectivity index (χ3n) is 6.59. The molecular formula is C30H24F9N3O. The Bertz CT molecular complexity index is 1530. The van der Waals surface area contributed by atoms with Crippen molar-refractivity contribution in [1.29, 1.82) is 0 Å². The molecule has 0 aromatic heterocycles. The molecule has 228 valence electrons. The maximum atomic E-state index is 12.9. The number of carbonyl (C=O) groups excluding carboxylic acids is 1. The predicted molar refractivity (Wildman–Crippen MR) is 142 cm³/mol. The normalized spacial score (nSPS) is 15.2. The number of nitrogens with two attached hydrogens (primary N) is 1. The number of carbonyl (C=O) groups is 1. The maximum absolute atomic E-state index is 12.9. The van der Waals surface area contributed by atoms with Gasteiger partial charge in [-0.3, -0.25) is 9.79 Å². The minimum absolute atomic E-state index is 0.139. The third kappa shape index (κ3) is 8.17. The van der Waals surface area contributed by atoms with Gasteiger partial charge in [0.15, 0.2) is 0 Å². The zero-order valence-electron chi connectivity index (χ0n) is 22.2. The Morgan fingerprint density at radius 3 is 2.02 bits per heavy atom. The number of para-hydroxylation sites is 1. The van der Waals surface area contributed by atoms with Crippen molar-refractivity contribution in [2.45, 2.75) is 37.8 Å². The second-order valence-corrected chi connectivity index (χ2v) is 9.82. The van der Waals surface area contributed by atoms with E-state index in [1.807, 2.05) is 30.3 Å². The average molecular weight is 614 g/mol. The van der Waals surface area contributed by atoms with E-state index < -0.39 is 42.1 Å². The minimum atomic E-state index is -4.84. The third-order valence-corrected chi connectivity index (χ3v) is 6.59. The molecule has 1 aliphatic heterocycles. The summed E-state index contributed by atoms with van der Waals surface area (Å²) in [6.07, 6.45) is -12.8. The molecule has 1 heterocycles. The number of nitrogens with zero attached hydrogens (tertiary/aromatic N) is 2. The standard InChI is InChI=1S/C17H13F3N2O.C13H11F6N/c18-17(19,20)11-22-14-9-5-4-8-13(14)16(21-10-15(22)23)12-6-2-1-3-7-12;14-12(15,16)9-4-3-8(5-11(20)7-1-2-7)10(6-9)13(17,18)19/h1-9H,10-11H2;3-4,6H,1-2,5,20H2. The molecule has 4 nitrogen and oxygen atoms in total. The first-order chi connectivity index (χ1) is 20.0. The lowest BCUT2D eigenvalue weighted by atomic mass is 9.99. The number of halogens is 9. The van der Waals surface area contributed by atoms with Gasteiger partial charge >= 0.3 is 18.5 Å². The van der Waals surface area contributed by atoms with Gasteiger partial charge in [-0.25, -0.2) is 0 Å². The summed E-state index contributed by atoms with van der Waals surface area (Å²) in [6, 6.07) is 17.3. The van der Waals surface area contributed by atoms with Crippen molar-refractivity contribution in [3.63, 3.8) is 0 Å². The lowest BCUT2D eigenvalue weighted by molar-refractivity contribution is -0.143. The van der Waals surface area contributed by atoms with Crippen LogP contribution < -0.4 is 10.6 Å². The Labute approximate surface area is 240 Å². The van der Waals surface area contributed by atoms with Crippen LogP contribution in [-0.4, -0.2) is 30.9 Å². The van der Waals surface area contributed by atoms with E-state index in [4.69, 9.17) is 5.73 Å². The van der Waals surface area contributed by atoms with E-state index in [1.54, 1.807) is 18.2 Å². The average Bonchev–Trinajstić information content (AvgIpc) is 3.78. The summed E-state index contributed by atoms with van der Waals surface area (Å²) in [6.45, 7) is -1.63. The summed E-state index contributed by atoms with van der Waals surface area (Å²) in [5.41, 5.74) is 6.04. The Kier molecular flexibility index (Phi) is 8.93. The van der Waals surface area contributed by atoms with Crippen molar-refractivity contribution >= 4 is 17.3 Å². The molecule has 1 fully saturated rings. The number of benzodiazepines with no additional fused rings is 1. The topological polar surface area (TPSA) is 58.7 Å². The number of aliphatic imine (C=N–C) groups is 1. The van der Waals surface area contributed by atoms with Crippen molar-refractivity contribution in [3.05, 3.63) is 112 Å². The van der Waals surface area contributed by atoms with Gasteiger partial charge in [0, 0.05) is 23.2 Å². The van der Waals surface area contributed by atoms with E-state index in [0.717, 1.165) is 34.9 Å². The van der Waals surface area contributed by atoms with Gasteiger partial charge in [0.1, 0.15) is 13.1 Å². The fraction of sp³-hybridized carbons (Fsp3) is 0.267. The Balaban J connectivity index is 0.000000199. The highest BCUT2D eigenvalue weighted by Crippen LogP contribution is 2.39. The van der Waals surface area contributed by atoms with Crippen LogP contribution in [0.25, 0.3) is 0 Å². The molecule has 3 aromatic carbocycles. The highest BCUT2D eigenvalue weighted by molar-refractivity contribution is 6.19. The summed E-state index contributed by atoms with van der Waals surface area (Å²) in [5.74, 6) is -0.666. The van der Waals surface area contributed by atoms with E-state index in [9.17, 15) is 44.3 Å². The number of rotatable bonds is 4. The van der Waals surface area contributed by atoms with Gasteiger partial charge in [-0.15, -0.1) is 0 Å². The predicted octanol–water partition coefficient (Wildman–Crippen LogP) is 7.71. The Morgan fingerprint density at radius 2 is 1.44 bits per heavy atom. The molecule has 1 amide bonds. The first kappa shape index (κ1) is 31.6. The summed E-state index contributed by atoms with van der Waals surface area (Å²) in [7, 11) is 0. The largest absolute Gasteiger partial charge is 0.416 e. The Hall–Kier alpha value is -4.29. The second-order valence-electron chi connectivity index (χ2n) is 9.82. The zero-order chi connectivity index (χ0) is 31.6. The summed E-state index contributed by atoms with van der Waals surface area (Å²) < 4.78 is 115. The molecular weight excluding hydrogens is 589 g/mol. The number of allylic oxidation sites excluding steroid dienone is 2. The number of benzene rings is 3. The molecule has 0 unspecified atom stereocenters. The summed E-state index contributed by atoms with van der Waals surface area (Å²) >= 11 is 0. The van der Waals surface area contributed by atoms with E-state index in [1.165, 1.54) is 6.07 Å². The lowest BCUT2D eigenvalue weighted by Crippen LogP contribution is -2.40. The van der Waals surface area contributed by atoms with Crippen LogP contribution in [0.3, 0.4) is 0 Å². The van der Waals surface area contributed by atoms with Crippen LogP contribution in [0.5, 0.6) is 0 Å². The van der Waals surface area contributed by atoms with Gasteiger partial charge in [-0.2, -0.15) is 39.5 Å². The molecule has 0 bridgehead atoms. The van der Waals surface area contributed by atoms with Crippen molar-refractivity contribution in [1.82, 2.24) is 0 Å². The molecule has 1 saturated carbocycles. The molecule has 3 aromatic rings. The van der Waals surface area contributed by atoms with Gasteiger partial charge < -0.3 is 10.6 Å². The fourth-order valence-corrected chi connectivity index (χ4v) is 4.44. The maximum Gasteiger partial charge on any atom is 0.416 e. The smallest absolute Gasteiger partial charge is 0.402 e. The molecule has 5 rings (SSSR count). The highest BCUT2D eigenvalue weighted by Gasteiger charge is 2.38. The lowest BCUT2D eigenvalue weighted by Gasteiger charge is -2.24. The first-order valence-corrected chi connectivity index (χ1v) is 12.8. The van der Waals surface area contributed by atoms with Crippen molar-refractivity contribution in [3.8, 4) is 0 Å². The van der Waals surface area contributed by atoms with Gasteiger partial charge in [-0.05, 0) is 36.6 Å². The number of amides is 1. The number of hydrogen-bond donors (Lipinski definition) is 1. The van der Waals surface area contributed by atoms with E-state index in [-0.39, 0.29) is 30.3 Å². The van der Waals surface area contributed by atoms with Crippen LogP contribution >= 0.6 is 0 Å². The van der Waals surface area contributed by atoms with Crippen LogP contribution in [0.2, 0.25) is 0 Å². The van der Waals surface area contributed by atoms with Crippen LogP contribution in [0, 0.1) is 0 Å².